The van der Waals surface area contributed by atoms with Crippen LogP contribution in [0, 0.1) is 0 Å². The highest BCUT2D eigenvalue weighted by atomic mass is 35.5. The molecule has 0 atom stereocenters. The first kappa shape index (κ1) is 13.0. The minimum absolute atomic E-state index is 0.0539. The summed E-state index contributed by atoms with van der Waals surface area (Å²) < 4.78 is 27.5. The Morgan fingerprint density at radius 3 is 2.89 bits per heavy atom. The minimum Gasteiger partial charge on any atom is -0.263 e. The zero-order valence-corrected chi connectivity index (χ0v) is 11.0. The van der Waals surface area contributed by atoms with Gasteiger partial charge in [-0.15, -0.1) is 0 Å². The van der Waals surface area contributed by atoms with Gasteiger partial charge in [-0.2, -0.15) is 10.2 Å². The van der Waals surface area contributed by atoms with E-state index in [0.717, 1.165) is 0 Å². The molecule has 10 heteroatoms. The monoisotopic (exact) mass is 290 g/mol. The maximum atomic E-state index is 12.0. The van der Waals surface area contributed by atoms with Crippen LogP contribution in [0.3, 0.4) is 0 Å². The lowest BCUT2D eigenvalue weighted by atomic mass is 10.4. The van der Waals surface area contributed by atoms with E-state index >= 15 is 0 Å². The van der Waals surface area contributed by atoms with E-state index in [1.807, 2.05) is 0 Å². The van der Waals surface area contributed by atoms with Crippen molar-refractivity contribution >= 4 is 21.6 Å². The second-order valence-corrected chi connectivity index (χ2v) is 5.59. The summed E-state index contributed by atoms with van der Waals surface area (Å²) in [6.07, 6.45) is 3.06. The third-order valence-electron chi connectivity index (χ3n) is 2.22. The van der Waals surface area contributed by atoms with Crippen molar-refractivity contribution in [3.63, 3.8) is 0 Å². The van der Waals surface area contributed by atoms with Gasteiger partial charge in [-0.25, -0.2) is 18.1 Å². The molecule has 0 radical (unpaired) electrons. The number of rotatable bonds is 5. The normalized spacial score (nSPS) is 11.9. The van der Waals surface area contributed by atoms with Gasteiger partial charge in [0, 0.05) is 20.0 Å². The lowest BCUT2D eigenvalue weighted by Crippen LogP contribution is -2.28. The molecule has 0 spiro atoms. The van der Waals surface area contributed by atoms with E-state index in [9.17, 15) is 8.42 Å². The molecule has 0 saturated carbocycles. The Kier molecular flexibility index (Phi) is 3.64. The molecule has 0 amide bonds. The quantitative estimate of drug-likeness (QED) is 0.787. The van der Waals surface area contributed by atoms with Crippen LogP contribution in [0.15, 0.2) is 17.6 Å². The van der Waals surface area contributed by atoms with Crippen molar-refractivity contribution in [2.24, 2.45) is 7.05 Å². The fourth-order valence-electron chi connectivity index (χ4n) is 1.43. The number of H-pyrrole nitrogens is 1. The smallest absolute Gasteiger partial charge is 0.259 e. The van der Waals surface area contributed by atoms with Crippen molar-refractivity contribution in [2.75, 3.05) is 6.54 Å². The number of aromatic amines is 1. The summed E-state index contributed by atoms with van der Waals surface area (Å²) in [7, 11) is -2.16. The summed E-state index contributed by atoms with van der Waals surface area (Å²) in [5.41, 5.74) is 0. The third kappa shape index (κ3) is 2.68. The fourth-order valence-corrected chi connectivity index (χ4v) is 3.11. The number of aryl methyl sites for hydroxylation is 1. The van der Waals surface area contributed by atoms with E-state index in [1.165, 1.54) is 24.3 Å². The first-order valence-electron chi connectivity index (χ1n) is 5.02. The molecule has 8 nitrogen and oxygen atoms in total. The van der Waals surface area contributed by atoms with Crippen LogP contribution in [-0.4, -0.2) is 39.9 Å². The first-order valence-corrected chi connectivity index (χ1v) is 6.88. The van der Waals surface area contributed by atoms with E-state index in [4.69, 9.17) is 11.6 Å². The van der Waals surface area contributed by atoms with E-state index in [-0.39, 0.29) is 16.6 Å². The topological polar surface area (TPSA) is 106 Å². The van der Waals surface area contributed by atoms with Gasteiger partial charge in [0.15, 0.2) is 5.03 Å². The molecule has 0 aliphatic carbocycles. The van der Waals surface area contributed by atoms with Crippen molar-refractivity contribution in [1.29, 1.82) is 0 Å². The number of nitrogens with zero attached hydrogens (tertiary/aromatic N) is 4. The van der Waals surface area contributed by atoms with Crippen LogP contribution in [0.1, 0.15) is 5.82 Å². The fraction of sp³-hybridized carbons (Fsp3) is 0.375. The SMILES string of the molecule is Cn1ncc(Cl)c1S(=O)(=O)NCCc1ncn[nH]1. The molecule has 0 saturated heterocycles. The molecule has 98 valence electrons. The van der Waals surface area contributed by atoms with Gasteiger partial charge >= 0.3 is 0 Å². The molecule has 0 bridgehead atoms. The molecule has 18 heavy (non-hydrogen) atoms. The van der Waals surface area contributed by atoms with Gasteiger partial charge in [-0.1, -0.05) is 11.6 Å². The summed E-state index contributed by atoms with van der Waals surface area (Å²) in [5, 5.41) is 10.1. The molecule has 0 aromatic carbocycles. The summed E-state index contributed by atoms with van der Waals surface area (Å²) in [6, 6.07) is 0. The molecule has 2 aromatic rings. The second kappa shape index (κ2) is 5.04. The Labute approximate surface area is 108 Å². The Bertz CT molecular complexity index is 601. The highest BCUT2D eigenvalue weighted by Gasteiger charge is 2.22. The van der Waals surface area contributed by atoms with Crippen LogP contribution < -0.4 is 4.72 Å². The van der Waals surface area contributed by atoms with Gasteiger partial charge in [0.2, 0.25) is 0 Å². The number of hydrogen-bond acceptors (Lipinski definition) is 5. The Morgan fingerprint density at radius 1 is 1.56 bits per heavy atom. The first-order chi connectivity index (χ1) is 8.50. The standard InChI is InChI=1S/C8H11ClN6O2S/c1-15-8(6(9)4-12-15)18(16,17)13-3-2-7-10-5-11-14-7/h4-5,13H,2-3H2,1H3,(H,10,11,14). The van der Waals surface area contributed by atoms with Crippen LogP contribution in [0.4, 0.5) is 0 Å². The molecule has 0 aliphatic heterocycles. The number of nitrogens with one attached hydrogen (secondary N) is 2. The van der Waals surface area contributed by atoms with E-state index in [0.29, 0.717) is 12.2 Å². The Hall–Kier alpha value is -1.45. The maximum Gasteiger partial charge on any atom is 0.259 e. The third-order valence-corrected chi connectivity index (χ3v) is 4.18. The van der Waals surface area contributed by atoms with Crippen molar-refractivity contribution in [3.05, 3.63) is 23.4 Å². The average Bonchev–Trinajstić information content (AvgIpc) is 2.89. The predicted octanol–water partition coefficient (Wildman–Crippen LogP) is -0.287. The van der Waals surface area contributed by atoms with E-state index < -0.39 is 10.0 Å². The van der Waals surface area contributed by atoms with Crippen LogP contribution in [0.2, 0.25) is 5.02 Å². The van der Waals surface area contributed by atoms with Crippen LogP contribution in [-0.2, 0) is 23.5 Å². The summed E-state index contributed by atoms with van der Waals surface area (Å²) in [5.74, 6) is 0.605. The van der Waals surface area contributed by atoms with E-state index in [1.54, 1.807) is 0 Å². The van der Waals surface area contributed by atoms with Crippen molar-refractivity contribution < 1.29 is 8.42 Å². The molecule has 0 aliphatic rings. The number of halogens is 1. The molecule has 0 fully saturated rings. The van der Waals surface area contributed by atoms with Crippen LogP contribution in [0.25, 0.3) is 0 Å². The van der Waals surface area contributed by atoms with E-state index in [2.05, 4.69) is 25.0 Å². The zero-order valence-electron chi connectivity index (χ0n) is 9.46. The largest absolute Gasteiger partial charge is 0.263 e. The molecular formula is C8H11ClN6O2S. The summed E-state index contributed by atoms with van der Waals surface area (Å²) in [6.45, 7) is 0.193. The minimum atomic E-state index is -3.68. The van der Waals surface area contributed by atoms with Crippen molar-refractivity contribution in [3.8, 4) is 0 Å². The zero-order chi connectivity index (χ0) is 13.2. The second-order valence-electron chi connectivity index (χ2n) is 3.50. The van der Waals surface area contributed by atoms with Crippen LogP contribution >= 0.6 is 11.6 Å². The van der Waals surface area contributed by atoms with Gasteiger partial charge in [0.25, 0.3) is 10.0 Å². The van der Waals surface area contributed by atoms with Crippen molar-refractivity contribution in [2.45, 2.75) is 11.4 Å². The van der Waals surface area contributed by atoms with Crippen molar-refractivity contribution in [1.82, 2.24) is 29.7 Å². The average molecular weight is 291 g/mol. The molecule has 2 rings (SSSR count). The van der Waals surface area contributed by atoms with Gasteiger partial charge in [-0.05, 0) is 0 Å². The molecule has 2 heterocycles. The lowest BCUT2D eigenvalue weighted by Gasteiger charge is -2.06. The number of aromatic nitrogens is 5. The van der Waals surface area contributed by atoms with Gasteiger partial charge in [0.05, 0.1) is 11.2 Å². The Balaban J connectivity index is 2.04. The lowest BCUT2D eigenvalue weighted by molar-refractivity contribution is 0.562. The molecular weight excluding hydrogens is 280 g/mol. The van der Waals surface area contributed by atoms with Gasteiger partial charge in [-0.3, -0.25) is 9.78 Å². The molecule has 2 aromatic heterocycles. The maximum absolute atomic E-state index is 12.0. The van der Waals surface area contributed by atoms with Crippen LogP contribution in [0.5, 0.6) is 0 Å². The Morgan fingerprint density at radius 2 is 2.33 bits per heavy atom. The highest BCUT2D eigenvalue weighted by molar-refractivity contribution is 7.89. The predicted molar refractivity (Wildman–Crippen MR) is 63.5 cm³/mol. The highest BCUT2D eigenvalue weighted by Crippen LogP contribution is 2.19. The summed E-state index contributed by atoms with van der Waals surface area (Å²) >= 11 is 5.78. The summed E-state index contributed by atoms with van der Waals surface area (Å²) in [4.78, 5) is 3.89. The van der Waals surface area contributed by atoms with Gasteiger partial charge < -0.3 is 0 Å². The number of sulfonamides is 1. The molecule has 2 N–H and O–H groups in total. The van der Waals surface area contributed by atoms with Gasteiger partial charge in [0.1, 0.15) is 12.2 Å². The number of hydrogen-bond donors (Lipinski definition) is 2. The molecule has 0 unspecified atom stereocenters.